The van der Waals surface area contributed by atoms with Crippen molar-refractivity contribution in [2.24, 2.45) is 0 Å². The van der Waals surface area contributed by atoms with Crippen molar-refractivity contribution in [2.75, 3.05) is 10.6 Å². The van der Waals surface area contributed by atoms with E-state index in [9.17, 15) is 9.59 Å². The van der Waals surface area contributed by atoms with Gasteiger partial charge in [-0.2, -0.15) is 0 Å². The van der Waals surface area contributed by atoms with Crippen LogP contribution >= 0.6 is 23.1 Å². The summed E-state index contributed by atoms with van der Waals surface area (Å²) in [6.45, 7) is 3.91. The minimum absolute atomic E-state index is 0.0622. The molecule has 0 saturated carbocycles. The summed E-state index contributed by atoms with van der Waals surface area (Å²) in [4.78, 5) is 30.4. The molecule has 1 aromatic heterocycles. The van der Waals surface area contributed by atoms with Gasteiger partial charge in [0.1, 0.15) is 0 Å². The van der Waals surface area contributed by atoms with Gasteiger partial charge in [-0.15, -0.1) is 23.1 Å². The highest BCUT2D eigenvalue weighted by Gasteiger charge is 2.16. The van der Waals surface area contributed by atoms with Gasteiger partial charge in [-0.25, -0.2) is 4.98 Å². The zero-order valence-electron chi connectivity index (χ0n) is 18.9. The molecule has 2 N–H and O–H groups in total. The lowest BCUT2D eigenvalue weighted by Gasteiger charge is -2.11. The molecule has 4 rings (SSSR count). The first-order valence-electron chi connectivity index (χ1n) is 10.9. The van der Waals surface area contributed by atoms with E-state index in [0.717, 1.165) is 27.4 Å². The molecule has 4 aromatic rings. The van der Waals surface area contributed by atoms with Gasteiger partial charge < -0.3 is 10.6 Å². The summed E-state index contributed by atoms with van der Waals surface area (Å²) in [6, 6.07) is 25.3. The average molecular weight is 488 g/mol. The number of amides is 2. The van der Waals surface area contributed by atoms with Crippen LogP contribution in [0.4, 0.5) is 10.8 Å². The van der Waals surface area contributed by atoms with E-state index < -0.39 is 0 Å². The highest BCUT2D eigenvalue weighted by molar-refractivity contribution is 8.00. The molecule has 5 nitrogen and oxygen atoms in total. The van der Waals surface area contributed by atoms with Crippen LogP contribution < -0.4 is 10.6 Å². The first-order chi connectivity index (χ1) is 16.5. The van der Waals surface area contributed by atoms with Gasteiger partial charge in [0, 0.05) is 21.5 Å². The SMILES string of the molecule is Cc1ccc(-c2csc(NC(=O)C(C)Sc3ccc(NC(=O)Cc4ccccc4)cc3)n2)cc1. The van der Waals surface area contributed by atoms with Crippen LogP contribution in [0.15, 0.2) is 89.1 Å². The molecule has 3 aromatic carbocycles. The quantitative estimate of drug-likeness (QED) is 0.281. The summed E-state index contributed by atoms with van der Waals surface area (Å²) in [5.74, 6) is -0.164. The zero-order valence-corrected chi connectivity index (χ0v) is 20.6. The van der Waals surface area contributed by atoms with Crippen LogP contribution in [0, 0.1) is 6.92 Å². The minimum atomic E-state index is -0.301. The maximum atomic E-state index is 12.7. The second kappa shape index (κ2) is 11.1. The van der Waals surface area contributed by atoms with Gasteiger partial charge in [0.05, 0.1) is 17.4 Å². The topological polar surface area (TPSA) is 71.1 Å². The molecule has 0 saturated heterocycles. The number of aryl methyl sites for hydroxylation is 1. The van der Waals surface area contributed by atoms with Gasteiger partial charge in [-0.1, -0.05) is 60.2 Å². The van der Waals surface area contributed by atoms with E-state index in [4.69, 9.17) is 0 Å². The Kier molecular flexibility index (Phi) is 7.77. The van der Waals surface area contributed by atoms with E-state index in [1.165, 1.54) is 28.7 Å². The number of anilines is 2. The number of carbonyl (C=O) groups is 2. The molecule has 7 heteroatoms. The number of thiazole rings is 1. The number of carbonyl (C=O) groups excluding carboxylic acids is 2. The predicted octanol–water partition coefficient (Wildman–Crippen LogP) is 6.42. The molecular formula is C27H25N3O2S2. The molecule has 172 valence electrons. The van der Waals surface area contributed by atoms with Crippen LogP contribution in [0.3, 0.4) is 0 Å². The maximum Gasteiger partial charge on any atom is 0.239 e. The largest absolute Gasteiger partial charge is 0.326 e. The smallest absolute Gasteiger partial charge is 0.239 e. The van der Waals surface area contributed by atoms with Crippen LogP contribution in [-0.4, -0.2) is 22.0 Å². The molecule has 0 bridgehead atoms. The lowest BCUT2D eigenvalue weighted by molar-refractivity contribution is -0.116. The first-order valence-corrected chi connectivity index (χ1v) is 12.7. The van der Waals surface area contributed by atoms with E-state index in [0.29, 0.717) is 11.6 Å². The Balaban J connectivity index is 1.28. The molecular weight excluding hydrogens is 462 g/mol. The fourth-order valence-electron chi connectivity index (χ4n) is 3.26. The molecule has 1 unspecified atom stereocenters. The molecule has 0 radical (unpaired) electrons. The average Bonchev–Trinajstić information content (AvgIpc) is 3.30. The number of thioether (sulfide) groups is 1. The zero-order chi connectivity index (χ0) is 23.9. The first kappa shape index (κ1) is 23.7. The van der Waals surface area contributed by atoms with Crippen LogP contribution in [0.25, 0.3) is 11.3 Å². The Bertz CT molecular complexity index is 1250. The van der Waals surface area contributed by atoms with E-state index >= 15 is 0 Å². The standard InChI is InChI=1S/C27H25N3O2S2/c1-18-8-10-21(11-9-18)24-17-33-27(29-24)30-26(32)19(2)34-23-14-12-22(13-15-23)28-25(31)16-20-6-4-3-5-7-20/h3-15,17,19H,16H2,1-2H3,(H,28,31)(H,29,30,32). The summed E-state index contributed by atoms with van der Waals surface area (Å²) in [5.41, 5.74) is 4.78. The fraction of sp³-hybridized carbons (Fsp3) is 0.148. The summed E-state index contributed by atoms with van der Waals surface area (Å²) in [6.07, 6.45) is 0.330. The van der Waals surface area contributed by atoms with E-state index in [1.54, 1.807) is 0 Å². The lowest BCUT2D eigenvalue weighted by Crippen LogP contribution is -2.22. The van der Waals surface area contributed by atoms with Crippen molar-refractivity contribution in [1.29, 1.82) is 0 Å². The van der Waals surface area contributed by atoms with Crippen molar-refractivity contribution in [3.05, 3.63) is 95.4 Å². The Morgan fingerprint density at radius 3 is 2.35 bits per heavy atom. The second-order valence-electron chi connectivity index (χ2n) is 7.89. The van der Waals surface area contributed by atoms with Crippen molar-refractivity contribution >= 4 is 45.7 Å². The Labute approximate surface area is 207 Å². The molecule has 0 aliphatic heterocycles. The minimum Gasteiger partial charge on any atom is -0.326 e. The number of benzene rings is 3. The lowest BCUT2D eigenvalue weighted by atomic mass is 10.1. The van der Waals surface area contributed by atoms with Gasteiger partial charge in [0.15, 0.2) is 5.13 Å². The van der Waals surface area contributed by atoms with Gasteiger partial charge in [-0.3, -0.25) is 9.59 Å². The molecule has 0 spiro atoms. The van der Waals surface area contributed by atoms with Crippen LogP contribution in [0.5, 0.6) is 0 Å². The second-order valence-corrected chi connectivity index (χ2v) is 10.2. The molecule has 1 atom stereocenters. The number of nitrogens with one attached hydrogen (secondary N) is 2. The maximum absolute atomic E-state index is 12.7. The molecule has 0 fully saturated rings. The van der Waals surface area contributed by atoms with Crippen LogP contribution in [0.2, 0.25) is 0 Å². The third-order valence-corrected chi connectivity index (χ3v) is 6.98. The molecule has 0 aliphatic rings. The normalized spacial score (nSPS) is 11.6. The van der Waals surface area contributed by atoms with Crippen LogP contribution in [-0.2, 0) is 16.0 Å². The number of aromatic nitrogens is 1. The predicted molar refractivity (Wildman–Crippen MR) is 141 cm³/mol. The third kappa shape index (κ3) is 6.56. The Morgan fingerprint density at radius 1 is 0.941 bits per heavy atom. The van der Waals surface area contributed by atoms with E-state index in [-0.39, 0.29) is 17.1 Å². The van der Waals surface area contributed by atoms with E-state index in [2.05, 4.69) is 15.6 Å². The molecule has 0 aliphatic carbocycles. The summed E-state index contributed by atoms with van der Waals surface area (Å²) < 4.78 is 0. The highest BCUT2D eigenvalue weighted by Crippen LogP contribution is 2.28. The summed E-state index contributed by atoms with van der Waals surface area (Å²) >= 11 is 2.87. The van der Waals surface area contributed by atoms with Crippen molar-refractivity contribution in [1.82, 2.24) is 4.98 Å². The number of hydrogen-bond donors (Lipinski definition) is 2. The molecule has 34 heavy (non-hydrogen) atoms. The number of nitrogens with zero attached hydrogens (tertiary/aromatic N) is 1. The van der Waals surface area contributed by atoms with Gasteiger partial charge >= 0.3 is 0 Å². The number of hydrogen-bond acceptors (Lipinski definition) is 5. The summed E-state index contributed by atoms with van der Waals surface area (Å²) in [7, 11) is 0. The monoisotopic (exact) mass is 487 g/mol. The van der Waals surface area contributed by atoms with Crippen LogP contribution in [0.1, 0.15) is 18.1 Å². The summed E-state index contributed by atoms with van der Waals surface area (Å²) in [5, 5.41) is 8.06. The Hall–Kier alpha value is -3.42. The van der Waals surface area contributed by atoms with Gasteiger partial charge in [0.25, 0.3) is 0 Å². The van der Waals surface area contributed by atoms with Crippen molar-refractivity contribution in [3.63, 3.8) is 0 Å². The van der Waals surface area contributed by atoms with Crippen molar-refractivity contribution in [3.8, 4) is 11.3 Å². The van der Waals surface area contributed by atoms with Gasteiger partial charge in [-0.05, 0) is 43.7 Å². The molecule has 2 amide bonds. The van der Waals surface area contributed by atoms with Crippen molar-refractivity contribution < 1.29 is 9.59 Å². The van der Waals surface area contributed by atoms with Gasteiger partial charge in [0.2, 0.25) is 11.8 Å². The molecule has 1 heterocycles. The van der Waals surface area contributed by atoms with E-state index in [1.807, 2.05) is 98.1 Å². The number of rotatable bonds is 8. The highest BCUT2D eigenvalue weighted by atomic mass is 32.2. The Morgan fingerprint density at radius 2 is 1.65 bits per heavy atom. The van der Waals surface area contributed by atoms with Crippen molar-refractivity contribution in [2.45, 2.75) is 30.4 Å². The third-order valence-electron chi connectivity index (χ3n) is 5.11. The fourth-order valence-corrected chi connectivity index (χ4v) is 4.85.